The molecule has 24 heavy (non-hydrogen) atoms. The number of nitrogens with zero attached hydrogens (tertiary/aromatic N) is 2. The van der Waals surface area contributed by atoms with E-state index in [0.717, 1.165) is 28.0 Å². The molecule has 0 aliphatic carbocycles. The van der Waals surface area contributed by atoms with Gasteiger partial charge in [-0.1, -0.05) is 12.1 Å². The van der Waals surface area contributed by atoms with Crippen molar-refractivity contribution in [3.05, 3.63) is 65.1 Å². The number of hydrogen-bond acceptors (Lipinski definition) is 3. The summed E-state index contributed by atoms with van der Waals surface area (Å²) in [5, 5.41) is 0. The normalized spacial score (nSPS) is 12.0. The molecule has 0 aliphatic rings. The third kappa shape index (κ3) is 3.34. The minimum atomic E-state index is -3.52. The molecule has 3 aromatic rings. The standard InChI is InChI=1S/C18H21N3O2S/c1-13-10-15(3)17(11-14(13)2)24(22,23)19-8-7-16-12-21-9-5-4-6-18(21)20-16/h4-6,9-12,19H,7-8H2,1-3H3. The van der Waals surface area contributed by atoms with Gasteiger partial charge in [-0.15, -0.1) is 0 Å². The minimum absolute atomic E-state index is 0.318. The number of pyridine rings is 1. The van der Waals surface area contributed by atoms with E-state index in [9.17, 15) is 8.42 Å². The SMILES string of the molecule is Cc1cc(C)c(S(=O)(=O)NCCc2cn3ccccc3n2)cc1C. The van der Waals surface area contributed by atoms with Gasteiger partial charge in [-0.05, 0) is 55.7 Å². The smallest absolute Gasteiger partial charge is 0.240 e. The van der Waals surface area contributed by atoms with Crippen molar-refractivity contribution in [2.75, 3.05) is 6.54 Å². The molecule has 5 nitrogen and oxygen atoms in total. The molecule has 0 atom stereocenters. The van der Waals surface area contributed by atoms with Gasteiger partial charge in [-0.3, -0.25) is 0 Å². The number of imidazole rings is 1. The van der Waals surface area contributed by atoms with Crippen LogP contribution in [0.1, 0.15) is 22.4 Å². The molecule has 1 N–H and O–H groups in total. The van der Waals surface area contributed by atoms with Crippen LogP contribution in [0.4, 0.5) is 0 Å². The number of aromatic nitrogens is 2. The van der Waals surface area contributed by atoms with Crippen LogP contribution in [0.25, 0.3) is 5.65 Å². The Morgan fingerprint density at radius 3 is 2.58 bits per heavy atom. The first kappa shape index (κ1) is 16.7. The summed E-state index contributed by atoms with van der Waals surface area (Å²) in [6, 6.07) is 9.43. The van der Waals surface area contributed by atoms with Crippen molar-refractivity contribution in [2.24, 2.45) is 0 Å². The number of fused-ring (bicyclic) bond motifs is 1. The van der Waals surface area contributed by atoms with Crippen molar-refractivity contribution in [2.45, 2.75) is 32.1 Å². The molecule has 0 unspecified atom stereocenters. The van der Waals surface area contributed by atoms with Gasteiger partial charge >= 0.3 is 0 Å². The van der Waals surface area contributed by atoms with E-state index >= 15 is 0 Å². The van der Waals surface area contributed by atoms with Gasteiger partial charge in [0.1, 0.15) is 5.65 Å². The lowest BCUT2D eigenvalue weighted by atomic mass is 10.1. The molecule has 0 bridgehead atoms. The molecule has 126 valence electrons. The van der Waals surface area contributed by atoms with Gasteiger partial charge in [-0.2, -0.15) is 0 Å². The Labute approximate surface area is 142 Å². The Kier molecular flexibility index (Phi) is 4.43. The molecular weight excluding hydrogens is 322 g/mol. The van der Waals surface area contributed by atoms with Crippen LogP contribution in [0, 0.1) is 20.8 Å². The first-order valence-corrected chi connectivity index (χ1v) is 9.35. The average molecular weight is 343 g/mol. The van der Waals surface area contributed by atoms with Crippen molar-refractivity contribution in [1.82, 2.24) is 14.1 Å². The minimum Gasteiger partial charge on any atom is -0.307 e. The molecule has 0 spiro atoms. The zero-order valence-corrected chi connectivity index (χ0v) is 14.9. The van der Waals surface area contributed by atoms with E-state index in [4.69, 9.17) is 0 Å². The molecule has 0 amide bonds. The van der Waals surface area contributed by atoms with Crippen molar-refractivity contribution in [1.29, 1.82) is 0 Å². The summed E-state index contributed by atoms with van der Waals surface area (Å²) in [5.41, 5.74) is 4.55. The van der Waals surface area contributed by atoms with E-state index in [2.05, 4.69) is 9.71 Å². The molecule has 0 saturated carbocycles. The van der Waals surface area contributed by atoms with Gasteiger partial charge in [0, 0.05) is 25.4 Å². The van der Waals surface area contributed by atoms with Crippen LogP contribution >= 0.6 is 0 Å². The van der Waals surface area contributed by atoms with Crippen LogP contribution in [0.3, 0.4) is 0 Å². The zero-order chi connectivity index (χ0) is 17.3. The van der Waals surface area contributed by atoms with Gasteiger partial charge in [0.05, 0.1) is 10.6 Å². The largest absolute Gasteiger partial charge is 0.307 e. The molecule has 0 fully saturated rings. The van der Waals surface area contributed by atoms with Gasteiger partial charge in [0.25, 0.3) is 0 Å². The molecule has 0 saturated heterocycles. The van der Waals surface area contributed by atoms with Crippen molar-refractivity contribution < 1.29 is 8.42 Å². The Morgan fingerprint density at radius 1 is 1.08 bits per heavy atom. The molecule has 3 rings (SSSR count). The van der Waals surface area contributed by atoms with Crippen LogP contribution in [0.15, 0.2) is 47.6 Å². The van der Waals surface area contributed by atoms with Crippen LogP contribution in [-0.2, 0) is 16.4 Å². The van der Waals surface area contributed by atoms with E-state index in [1.807, 2.05) is 61.8 Å². The predicted octanol–water partition coefficient (Wildman–Crippen LogP) is 2.78. The van der Waals surface area contributed by atoms with Crippen molar-refractivity contribution in [3.8, 4) is 0 Å². The molecule has 0 radical (unpaired) electrons. The molecule has 1 aromatic carbocycles. The summed E-state index contributed by atoms with van der Waals surface area (Å²) < 4.78 is 29.7. The van der Waals surface area contributed by atoms with E-state index in [1.165, 1.54) is 0 Å². The zero-order valence-electron chi connectivity index (χ0n) is 14.1. The first-order valence-electron chi connectivity index (χ1n) is 7.87. The van der Waals surface area contributed by atoms with Crippen LogP contribution in [-0.4, -0.2) is 24.3 Å². The van der Waals surface area contributed by atoms with E-state index in [1.54, 1.807) is 6.07 Å². The Hall–Kier alpha value is -2.18. The third-order valence-corrected chi connectivity index (χ3v) is 5.77. The number of rotatable bonds is 5. The second-order valence-corrected chi connectivity index (χ2v) is 7.78. The van der Waals surface area contributed by atoms with Crippen molar-refractivity contribution in [3.63, 3.8) is 0 Å². The summed E-state index contributed by atoms with van der Waals surface area (Å²) in [6.07, 6.45) is 4.39. The second-order valence-electron chi connectivity index (χ2n) is 6.05. The molecule has 2 heterocycles. The lowest BCUT2D eigenvalue weighted by molar-refractivity contribution is 0.580. The quantitative estimate of drug-likeness (QED) is 0.775. The van der Waals surface area contributed by atoms with Gasteiger partial charge in [0.15, 0.2) is 0 Å². The maximum atomic E-state index is 12.5. The maximum Gasteiger partial charge on any atom is 0.240 e. The summed E-state index contributed by atoms with van der Waals surface area (Å²) in [7, 11) is -3.52. The summed E-state index contributed by atoms with van der Waals surface area (Å²) in [6.45, 7) is 6.04. The summed E-state index contributed by atoms with van der Waals surface area (Å²) in [4.78, 5) is 4.82. The highest BCUT2D eigenvalue weighted by atomic mass is 32.2. The fraction of sp³-hybridized carbons (Fsp3) is 0.278. The number of hydrogen-bond donors (Lipinski definition) is 1. The number of benzene rings is 1. The fourth-order valence-electron chi connectivity index (χ4n) is 2.72. The molecule has 2 aromatic heterocycles. The number of aryl methyl sites for hydroxylation is 3. The molecule has 6 heteroatoms. The van der Waals surface area contributed by atoms with Crippen LogP contribution in [0.2, 0.25) is 0 Å². The maximum absolute atomic E-state index is 12.5. The first-order chi connectivity index (χ1) is 11.4. The van der Waals surface area contributed by atoms with Gasteiger partial charge < -0.3 is 4.40 Å². The lowest BCUT2D eigenvalue weighted by Crippen LogP contribution is -2.26. The Balaban J connectivity index is 1.72. The number of sulfonamides is 1. The Bertz CT molecular complexity index is 958. The van der Waals surface area contributed by atoms with E-state index in [-0.39, 0.29) is 0 Å². The third-order valence-electron chi connectivity index (χ3n) is 4.17. The molecular formula is C18H21N3O2S. The van der Waals surface area contributed by atoms with Crippen LogP contribution < -0.4 is 4.72 Å². The summed E-state index contributed by atoms with van der Waals surface area (Å²) in [5.74, 6) is 0. The molecule has 0 aliphatic heterocycles. The monoisotopic (exact) mass is 343 g/mol. The van der Waals surface area contributed by atoms with E-state index < -0.39 is 10.0 Å². The number of nitrogens with one attached hydrogen (secondary N) is 1. The topological polar surface area (TPSA) is 63.5 Å². The lowest BCUT2D eigenvalue weighted by Gasteiger charge is -2.11. The summed E-state index contributed by atoms with van der Waals surface area (Å²) >= 11 is 0. The van der Waals surface area contributed by atoms with Gasteiger partial charge in [0.2, 0.25) is 10.0 Å². The second kappa shape index (κ2) is 6.37. The van der Waals surface area contributed by atoms with E-state index in [0.29, 0.717) is 17.9 Å². The highest BCUT2D eigenvalue weighted by molar-refractivity contribution is 7.89. The highest BCUT2D eigenvalue weighted by Crippen LogP contribution is 2.19. The average Bonchev–Trinajstić information content (AvgIpc) is 2.93. The fourth-order valence-corrected chi connectivity index (χ4v) is 4.06. The van der Waals surface area contributed by atoms with Crippen molar-refractivity contribution >= 4 is 15.7 Å². The van der Waals surface area contributed by atoms with Gasteiger partial charge in [-0.25, -0.2) is 18.1 Å². The highest BCUT2D eigenvalue weighted by Gasteiger charge is 2.17. The predicted molar refractivity (Wildman–Crippen MR) is 94.7 cm³/mol. The van der Waals surface area contributed by atoms with Crippen LogP contribution in [0.5, 0.6) is 0 Å². The Morgan fingerprint density at radius 2 is 1.83 bits per heavy atom.